The number of nitrogens with zero attached hydrogens (tertiary/aromatic N) is 2. The summed E-state index contributed by atoms with van der Waals surface area (Å²) in [6.45, 7) is 3.25. The van der Waals surface area contributed by atoms with Crippen LogP contribution < -0.4 is 5.32 Å². The number of carboxylic acids is 1. The van der Waals surface area contributed by atoms with Gasteiger partial charge in [0.2, 0.25) is 5.78 Å². The molecule has 0 fully saturated rings. The van der Waals surface area contributed by atoms with Crippen molar-refractivity contribution in [2.75, 3.05) is 12.3 Å². The fourth-order valence-electron chi connectivity index (χ4n) is 2.13. The van der Waals surface area contributed by atoms with Crippen molar-refractivity contribution in [2.45, 2.75) is 0 Å². The molecular weight excluding hydrogens is 402 g/mol. The van der Waals surface area contributed by atoms with Crippen LogP contribution in [-0.2, 0) is 10.1 Å². The number of benzene rings is 2. The van der Waals surface area contributed by atoms with Crippen LogP contribution in [0.3, 0.4) is 0 Å². The van der Waals surface area contributed by atoms with E-state index in [-0.39, 0.29) is 34.8 Å². The van der Waals surface area contributed by atoms with Crippen LogP contribution >= 0.6 is 0 Å². The number of hydrogen-bond acceptors (Lipinski definition) is 8. The Morgan fingerprint density at radius 1 is 1.03 bits per heavy atom. The van der Waals surface area contributed by atoms with Gasteiger partial charge in [-0.1, -0.05) is 6.58 Å². The van der Waals surface area contributed by atoms with Crippen molar-refractivity contribution in [1.29, 1.82) is 0 Å². The number of ketones is 1. The standard InChI is InChI=1S/C18H17N3O7S/c1-11(19-8-9-29(26,27)28)17(23)15-10-14(6-7-16(15)22)21-20-13-4-2-12(3-5-13)18(24)25/h2-7,10,19,22H,1,8-9H2,(H,24,25)(H,26,27,28). The number of Topliss-reactive ketones (excluding diaryl/α,β-unsaturated/α-hetero) is 1. The number of rotatable bonds is 9. The van der Waals surface area contributed by atoms with Gasteiger partial charge in [0.25, 0.3) is 10.1 Å². The first-order valence-corrected chi connectivity index (χ1v) is 9.68. The van der Waals surface area contributed by atoms with E-state index in [4.69, 9.17) is 9.66 Å². The number of carbonyl (C=O) groups is 2. The number of carboxylic acid groups (broad SMARTS) is 1. The highest BCUT2D eigenvalue weighted by atomic mass is 32.2. The number of azo groups is 1. The number of carbonyl (C=O) groups excluding carboxylic acids is 1. The van der Waals surface area contributed by atoms with E-state index in [9.17, 15) is 23.1 Å². The summed E-state index contributed by atoms with van der Waals surface area (Å²) in [7, 11) is -4.19. The third-order valence-electron chi connectivity index (χ3n) is 3.59. The summed E-state index contributed by atoms with van der Waals surface area (Å²) in [4.78, 5) is 23.2. The molecule has 0 amide bonds. The second kappa shape index (κ2) is 9.08. The lowest BCUT2D eigenvalue weighted by Gasteiger charge is -2.09. The van der Waals surface area contributed by atoms with Crippen molar-refractivity contribution in [3.63, 3.8) is 0 Å². The molecule has 0 aromatic heterocycles. The highest BCUT2D eigenvalue weighted by Crippen LogP contribution is 2.26. The molecule has 0 saturated heterocycles. The van der Waals surface area contributed by atoms with Gasteiger partial charge in [-0.3, -0.25) is 9.35 Å². The molecule has 0 radical (unpaired) electrons. The topological polar surface area (TPSA) is 166 Å². The fraction of sp³-hybridized carbons (Fsp3) is 0.111. The molecule has 0 aliphatic rings. The molecule has 10 nitrogen and oxygen atoms in total. The van der Waals surface area contributed by atoms with Crippen LogP contribution in [0.5, 0.6) is 5.75 Å². The van der Waals surface area contributed by atoms with Crippen molar-refractivity contribution >= 4 is 33.2 Å². The first kappa shape index (κ1) is 21.7. The second-order valence-corrected chi connectivity index (χ2v) is 7.35. The SMILES string of the molecule is C=C(NCCS(=O)(=O)O)C(=O)c1cc(N=Nc2ccc(C(=O)O)cc2)ccc1O. The highest BCUT2D eigenvalue weighted by molar-refractivity contribution is 7.85. The van der Waals surface area contributed by atoms with Crippen molar-refractivity contribution in [3.8, 4) is 5.75 Å². The molecule has 0 unspecified atom stereocenters. The molecule has 0 bridgehead atoms. The van der Waals surface area contributed by atoms with E-state index in [1.807, 2.05) is 0 Å². The zero-order valence-electron chi connectivity index (χ0n) is 14.9. The van der Waals surface area contributed by atoms with Gasteiger partial charge in [0.15, 0.2) is 0 Å². The number of phenolic OH excluding ortho intramolecular Hbond substituents is 1. The molecule has 0 atom stereocenters. The maximum Gasteiger partial charge on any atom is 0.335 e. The lowest BCUT2D eigenvalue weighted by molar-refractivity contribution is 0.0696. The fourth-order valence-corrected chi connectivity index (χ4v) is 2.49. The summed E-state index contributed by atoms with van der Waals surface area (Å²) in [6.07, 6.45) is 0. The Balaban J connectivity index is 2.13. The smallest absolute Gasteiger partial charge is 0.335 e. The Bertz CT molecular complexity index is 1080. The Kier molecular flexibility index (Phi) is 6.80. The summed E-state index contributed by atoms with van der Waals surface area (Å²) < 4.78 is 30.1. The first-order chi connectivity index (χ1) is 13.6. The first-order valence-electron chi connectivity index (χ1n) is 8.07. The molecule has 0 spiro atoms. The quantitative estimate of drug-likeness (QED) is 0.208. The van der Waals surface area contributed by atoms with Gasteiger partial charge in [-0.25, -0.2) is 4.79 Å². The number of allylic oxidation sites excluding steroid dienone is 1. The van der Waals surface area contributed by atoms with Crippen LogP contribution in [0.1, 0.15) is 20.7 Å². The van der Waals surface area contributed by atoms with Crippen LogP contribution in [0.25, 0.3) is 0 Å². The van der Waals surface area contributed by atoms with E-state index in [0.29, 0.717) is 5.69 Å². The second-order valence-electron chi connectivity index (χ2n) is 5.77. The Hall–Kier alpha value is -3.57. The van der Waals surface area contributed by atoms with Crippen molar-refractivity contribution in [2.24, 2.45) is 10.2 Å². The highest BCUT2D eigenvalue weighted by Gasteiger charge is 2.16. The number of aromatic carboxylic acids is 1. The number of aromatic hydroxyl groups is 1. The Morgan fingerprint density at radius 2 is 1.62 bits per heavy atom. The molecule has 2 aromatic carbocycles. The van der Waals surface area contributed by atoms with E-state index < -0.39 is 27.6 Å². The third kappa shape index (κ3) is 6.52. The van der Waals surface area contributed by atoms with Crippen molar-refractivity contribution in [1.82, 2.24) is 5.32 Å². The van der Waals surface area contributed by atoms with E-state index in [1.165, 1.54) is 42.5 Å². The minimum Gasteiger partial charge on any atom is -0.507 e. The number of nitrogens with one attached hydrogen (secondary N) is 1. The van der Waals surface area contributed by atoms with E-state index in [1.54, 1.807) is 0 Å². The minimum absolute atomic E-state index is 0.0986. The van der Waals surface area contributed by atoms with Gasteiger partial charge in [-0.2, -0.15) is 18.6 Å². The average molecular weight is 419 g/mol. The maximum absolute atomic E-state index is 12.4. The lowest BCUT2D eigenvalue weighted by Crippen LogP contribution is -2.25. The molecule has 152 valence electrons. The van der Waals surface area contributed by atoms with E-state index in [0.717, 1.165) is 0 Å². The van der Waals surface area contributed by atoms with E-state index >= 15 is 0 Å². The van der Waals surface area contributed by atoms with Gasteiger partial charge >= 0.3 is 5.97 Å². The maximum atomic E-state index is 12.4. The van der Waals surface area contributed by atoms with Gasteiger partial charge in [0.05, 0.1) is 34.0 Å². The minimum atomic E-state index is -4.19. The largest absolute Gasteiger partial charge is 0.507 e. The zero-order valence-corrected chi connectivity index (χ0v) is 15.8. The lowest BCUT2D eigenvalue weighted by atomic mass is 10.1. The molecule has 0 heterocycles. The Morgan fingerprint density at radius 3 is 2.21 bits per heavy atom. The van der Waals surface area contributed by atoms with Gasteiger partial charge in [-0.05, 0) is 42.5 Å². The summed E-state index contributed by atoms with van der Waals surface area (Å²) in [5.74, 6) is -2.71. The molecule has 0 aliphatic carbocycles. The monoisotopic (exact) mass is 419 g/mol. The molecular formula is C18H17N3O7S. The molecule has 11 heteroatoms. The van der Waals surface area contributed by atoms with Gasteiger partial charge < -0.3 is 15.5 Å². The van der Waals surface area contributed by atoms with Crippen LogP contribution in [0.15, 0.2) is 65.0 Å². The number of phenols is 1. The van der Waals surface area contributed by atoms with Crippen LogP contribution in [0.2, 0.25) is 0 Å². The Labute approximate surface area is 166 Å². The van der Waals surface area contributed by atoms with Crippen molar-refractivity contribution < 1.29 is 32.8 Å². The zero-order chi connectivity index (χ0) is 21.6. The molecule has 29 heavy (non-hydrogen) atoms. The van der Waals surface area contributed by atoms with Gasteiger partial charge in [-0.15, -0.1) is 0 Å². The van der Waals surface area contributed by atoms with Gasteiger partial charge in [0.1, 0.15) is 5.75 Å². The molecule has 0 aliphatic heterocycles. The molecule has 2 aromatic rings. The molecule has 4 N–H and O–H groups in total. The van der Waals surface area contributed by atoms with Crippen LogP contribution in [0, 0.1) is 0 Å². The normalized spacial score (nSPS) is 11.3. The number of hydrogen-bond donors (Lipinski definition) is 4. The van der Waals surface area contributed by atoms with Crippen molar-refractivity contribution in [3.05, 3.63) is 65.9 Å². The van der Waals surface area contributed by atoms with Gasteiger partial charge in [0, 0.05) is 6.54 Å². The summed E-state index contributed by atoms with van der Waals surface area (Å²) >= 11 is 0. The van der Waals surface area contributed by atoms with Crippen LogP contribution in [0.4, 0.5) is 11.4 Å². The van der Waals surface area contributed by atoms with E-state index in [2.05, 4.69) is 22.1 Å². The molecule has 0 saturated carbocycles. The summed E-state index contributed by atoms with van der Waals surface area (Å²) in [6, 6.07) is 9.56. The predicted octanol–water partition coefficient (Wildman–Crippen LogP) is 2.68. The predicted molar refractivity (Wildman–Crippen MR) is 104 cm³/mol. The summed E-state index contributed by atoms with van der Waals surface area (Å²) in [5, 5.41) is 29.1. The summed E-state index contributed by atoms with van der Waals surface area (Å²) in [5.41, 5.74) is 0.405. The average Bonchev–Trinajstić information content (AvgIpc) is 2.66. The molecule has 2 rings (SSSR count). The third-order valence-corrected chi connectivity index (χ3v) is 4.31. The van der Waals surface area contributed by atoms with Crippen LogP contribution in [-0.4, -0.2) is 47.2 Å².